The summed E-state index contributed by atoms with van der Waals surface area (Å²) in [6.45, 7) is 4.67. The molecule has 1 nitrogen and oxygen atoms in total. The monoisotopic (exact) mass is 299 g/mol. The van der Waals surface area contributed by atoms with Crippen LogP contribution in [0.5, 0.6) is 0 Å². The Hall–Kier alpha value is -0.400. The Morgan fingerprint density at radius 2 is 1.74 bits per heavy atom. The summed E-state index contributed by atoms with van der Waals surface area (Å²) in [4.78, 5) is 0. The summed E-state index contributed by atoms with van der Waals surface area (Å²) in [6.07, 6.45) is 6.38. The fourth-order valence-electron chi connectivity index (χ4n) is 2.98. The predicted molar refractivity (Wildman–Crippen MR) is 85.3 cm³/mol. The first kappa shape index (κ1) is 15.0. The van der Waals surface area contributed by atoms with Crippen LogP contribution < -0.4 is 5.32 Å². The van der Waals surface area contributed by atoms with E-state index in [1.54, 1.807) is 0 Å². The zero-order valence-electron chi connectivity index (χ0n) is 11.8. The van der Waals surface area contributed by atoms with Gasteiger partial charge in [-0.05, 0) is 43.2 Å². The molecule has 1 aliphatic rings. The summed E-state index contributed by atoms with van der Waals surface area (Å²) in [5.41, 5.74) is 0.902. The lowest BCUT2D eigenvalue weighted by atomic mass is 9.89. The number of anilines is 1. The Kier molecular flexibility index (Phi) is 5.41. The number of halogens is 2. The normalized spacial score (nSPS) is 24.3. The van der Waals surface area contributed by atoms with Crippen molar-refractivity contribution in [1.29, 1.82) is 0 Å². The second-order valence-electron chi connectivity index (χ2n) is 5.95. The fraction of sp³-hybridized carbons (Fsp3) is 0.625. The van der Waals surface area contributed by atoms with Gasteiger partial charge in [0.1, 0.15) is 0 Å². The number of nitrogens with one attached hydrogen (secondary N) is 1. The first-order valence-corrected chi connectivity index (χ1v) is 8.04. The zero-order chi connectivity index (χ0) is 13.8. The molecule has 1 aromatic carbocycles. The van der Waals surface area contributed by atoms with E-state index in [0.29, 0.717) is 6.04 Å². The Morgan fingerprint density at radius 3 is 2.37 bits per heavy atom. The molecule has 0 bridgehead atoms. The van der Waals surface area contributed by atoms with E-state index in [9.17, 15) is 0 Å². The van der Waals surface area contributed by atoms with Gasteiger partial charge in [0.15, 0.2) is 0 Å². The van der Waals surface area contributed by atoms with Crippen LogP contribution in [0.3, 0.4) is 0 Å². The highest BCUT2D eigenvalue weighted by molar-refractivity contribution is 6.39. The molecule has 1 N–H and O–H groups in total. The van der Waals surface area contributed by atoms with E-state index in [2.05, 4.69) is 19.2 Å². The van der Waals surface area contributed by atoms with E-state index < -0.39 is 0 Å². The fourth-order valence-corrected chi connectivity index (χ4v) is 3.49. The van der Waals surface area contributed by atoms with Crippen molar-refractivity contribution < 1.29 is 0 Å². The molecule has 0 aliphatic heterocycles. The molecule has 2 unspecified atom stereocenters. The van der Waals surface area contributed by atoms with Crippen molar-refractivity contribution in [3.8, 4) is 0 Å². The average molecular weight is 300 g/mol. The van der Waals surface area contributed by atoms with Crippen molar-refractivity contribution in [2.75, 3.05) is 5.32 Å². The molecule has 0 radical (unpaired) electrons. The van der Waals surface area contributed by atoms with Crippen LogP contribution in [0.1, 0.15) is 46.0 Å². The Labute approximate surface area is 126 Å². The second kappa shape index (κ2) is 6.85. The van der Waals surface area contributed by atoms with Gasteiger partial charge in [0.25, 0.3) is 0 Å². The lowest BCUT2D eigenvalue weighted by Crippen LogP contribution is -2.19. The smallest absolute Gasteiger partial charge is 0.0721 e. The van der Waals surface area contributed by atoms with Crippen molar-refractivity contribution in [3.05, 3.63) is 28.2 Å². The van der Waals surface area contributed by atoms with Gasteiger partial charge >= 0.3 is 0 Å². The molecule has 3 heteroatoms. The van der Waals surface area contributed by atoms with Gasteiger partial charge in [0.05, 0.1) is 15.7 Å². The Bertz CT molecular complexity index is 397. The molecule has 0 amide bonds. The highest BCUT2D eigenvalue weighted by Gasteiger charge is 2.21. The van der Waals surface area contributed by atoms with Gasteiger partial charge in [0, 0.05) is 6.04 Å². The van der Waals surface area contributed by atoms with Gasteiger partial charge < -0.3 is 5.32 Å². The minimum absolute atomic E-state index is 0.501. The average Bonchev–Trinajstić information content (AvgIpc) is 2.59. The predicted octanol–water partition coefficient (Wildman–Crippen LogP) is 6.01. The second-order valence-corrected chi connectivity index (χ2v) is 6.76. The first-order chi connectivity index (χ1) is 9.08. The van der Waals surface area contributed by atoms with E-state index in [1.165, 1.54) is 32.1 Å². The number of benzene rings is 1. The van der Waals surface area contributed by atoms with Crippen LogP contribution >= 0.6 is 23.2 Å². The van der Waals surface area contributed by atoms with Crippen LogP contribution in [0.25, 0.3) is 0 Å². The number of hydrogen-bond acceptors (Lipinski definition) is 1. The standard InChI is InChI=1S/C16H23Cl2N/c1-11(2)12-5-3-6-13(10-9-12)19-16-14(17)7-4-8-15(16)18/h4,7-8,11-13,19H,3,5-6,9-10H2,1-2H3. The van der Waals surface area contributed by atoms with Gasteiger partial charge in [-0.3, -0.25) is 0 Å². The summed E-state index contributed by atoms with van der Waals surface area (Å²) in [5, 5.41) is 4.99. The molecule has 1 fully saturated rings. The Morgan fingerprint density at radius 1 is 1.05 bits per heavy atom. The van der Waals surface area contributed by atoms with Gasteiger partial charge in [-0.2, -0.15) is 0 Å². The number of para-hydroxylation sites is 1. The van der Waals surface area contributed by atoms with Gasteiger partial charge in [-0.25, -0.2) is 0 Å². The molecule has 19 heavy (non-hydrogen) atoms. The zero-order valence-corrected chi connectivity index (χ0v) is 13.3. The third-order valence-electron chi connectivity index (χ3n) is 4.27. The molecule has 1 aromatic rings. The summed E-state index contributed by atoms with van der Waals surface area (Å²) in [6, 6.07) is 6.17. The first-order valence-electron chi connectivity index (χ1n) is 7.28. The van der Waals surface area contributed by atoms with E-state index in [4.69, 9.17) is 23.2 Å². The molecule has 1 saturated carbocycles. The lowest BCUT2D eigenvalue weighted by Gasteiger charge is -2.21. The van der Waals surface area contributed by atoms with Gasteiger partial charge in [-0.15, -0.1) is 0 Å². The highest BCUT2D eigenvalue weighted by atomic mass is 35.5. The molecule has 2 rings (SSSR count). The van der Waals surface area contributed by atoms with Crippen molar-refractivity contribution in [2.45, 2.75) is 52.0 Å². The third kappa shape index (κ3) is 4.03. The maximum atomic E-state index is 6.22. The van der Waals surface area contributed by atoms with Crippen LogP contribution in [0.4, 0.5) is 5.69 Å². The van der Waals surface area contributed by atoms with Crippen LogP contribution in [0.15, 0.2) is 18.2 Å². The summed E-state index contributed by atoms with van der Waals surface area (Å²) in [5.74, 6) is 1.66. The van der Waals surface area contributed by atoms with Gasteiger partial charge in [0.2, 0.25) is 0 Å². The third-order valence-corrected chi connectivity index (χ3v) is 4.90. The topological polar surface area (TPSA) is 12.0 Å². The molecule has 0 spiro atoms. The van der Waals surface area contributed by atoms with E-state index in [-0.39, 0.29) is 0 Å². The minimum Gasteiger partial charge on any atom is -0.380 e. The quantitative estimate of drug-likeness (QED) is 0.674. The maximum absolute atomic E-state index is 6.22. The van der Waals surface area contributed by atoms with E-state index >= 15 is 0 Å². The summed E-state index contributed by atoms with van der Waals surface area (Å²) >= 11 is 12.4. The Balaban J connectivity index is 2.00. The summed E-state index contributed by atoms with van der Waals surface area (Å²) in [7, 11) is 0. The SMILES string of the molecule is CC(C)C1CCCC(Nc2c(Cl)cccc2Cl)CC1. The van der Waals surface area contributed by atoms with Crippen LogP contribution in [0, 0.1) is 11.8 Å². The van der Waals surface area contributed by atoms with E-state index in [0.717, 1.165) is 27.6 Å². The molecule has 106 valence electrons. The van der Waals surface area contributed by atoms with Gasteiger partial charge in [-0.1, -0.05) is 56.0 Å². The van der Waals surface area contributed by atoms with Crippen LogP contribution in [0.2, 0.25) is 10.0 Å². The molecule has 2 atom stereocenters. The highest BCUT2D eigenvalue weighted by Crippen LogP contribution is 2.34. The van der Waals surface area contributed by atoms with Crippen molar-refractivity contribution in [3.63, 3.8) is 0 Å². The van der Waals surface area contributed by atoms with E-state index in [1.807, 2.05) is 18.2 Å². The molecule has 0 saturated heterocycles. The number of hydrogen-bond donors (Lipinski definition) is 1. The minimum atomic E-state index is 0.501. The van der Waals surface area contributed by atoms with Crippen molar-refractivity contribution in [1.82, 2.24) is 0 Å². The largest absolute Gasteiger partial charge is 0.380 e. The molecule has 1 aliphatic carbocycles. The van der Waals surface area contributed by atoms with Crippen LogP contribution in [-0.2, 0) is 0 Å². The number of rotatable bonds is 3. The maximum Gasteiger partial charge on any atom is 0.0721 e. The molecular weight excluding hydrogens is 277 g/mol. The van der Waals surface area contributed by atoms with Crippen molar-refractivity contribution >= 4 is 28.9 Å². The molecule has 0 heterocycles. The molecule has 0 aromatic heterocycles. The van der Waals surface area contributed by atoms with Crippen LogP contribution in [-0.4, -0.2) is 6.04 Å². The summed E-state index contributed by atoms with van der Waals surface area (Å²) < 4.78 is 0. The lowest BCUT2D eigenvalue weighted by molar-refractivity contribution is 0.341. The molecular formula is C16H23Cl2N. The van der Waals surface area contributed by atoms with Crippen molar-refractivity contribution in [2.24, 2.45) is 11.8 Å².